The minimum atomic E-state index is -4.87. The number of halogens is 4. The van der Waals surface area contributed by atoms with Crippen molar-refractivity contribution in [3.63, 3.8) is 0 Å². The minimum absolute atomic E-state index is 0.0462. The van der Waals surface area contributed by atoms with E-state index in [2.05, 4.69) is 25.7 Å². The SMILES string of the molecule is N#Cc1c(CN)ncc(Br)c1OC(F)(F)F. The predicted octanol–water partition coefficient (Wildman–Crippen LogP) is 2.07. The van der Waals surface area contributed by atoms with E-state index in [1.54, 1.807) is 6.07 Å². The highest BCUT2D eigenvalue weighted by Gasteiger charge is 2.34. The van der Waals surface area contributed by atoms with Crippen LogP contribution in [0.3, 0.4) is 0 Å². The maximum Gasteiger partial charge on any atom is 0.573 e. The zero-order valence-corrected chi connectivity index (χ0v) is 9.26. The fraction of sp³-hybridized carbons (Fsp3) is 0.250. The number of hydrogen-bond donors (Lipinski definition) is 1. The Morgan fingerprint density at radius 2 is 2.19 bits per heavy atom. The molecule has 0 unspecified atom stereocenters. The van der Waals surface area contributed by atoms with Gasteiger partial charge in [0.25, 0.3) is 0 Å². The summed E-state index contributed by atoms with van der Waals surface area (Å²) in [6.07, 6.45) is -3.77. The van der Waals surface area contributed by atoms with Crippen LogP contribution in [0.2, 0.25) is 0 Å². The molecule has 0 amide bonds. The van der Waals surface area contributed by atoms with E-state index in [4.69, 9.17) is 11.0 Å². The van der Waals surface area contributed by atoms with Crippen molar-refractivity contribution in [2.45, 2.75) is 12.9 Å². The van der Waals surface area contributed by atoms with Crippen molar-refractivity contribution in [2.75, 3.05) is 0 Å². The molecule has 0 aromatic carbocycles. The molecule has 0 aliphatic heterocycles. The monoisotopic (exact) mass is 295 g/mol. The largest absolute Gasteiger partial charge is 0.573 e. The Morgan fingerprint density at radius 3 is 2.62 bits per heavy atom. The molecule has 86 valence electrons. The van der Waals surface area contributed by atoms with Crippen LogP contribution in [0.4, 0.5) is 13.2 Å². The third kappa shape index (κ3) is 2.84. The van der Waals surface area contributed by atoms with Crippen LogP contribution in [0.15, 0.2) is 10.7 Å². The van der Waals surface area contributed by atoms with Gasteiger partial charge in [-0.3, -0.25) is 4.98 Å². The lowest BCUT2D eigenvalue weighted by Crippen LogP contribution is -2.19. The van der Waals surface area contributed by atoms with Crippen LogP contribution in [0, 0.1) is 11.3 Å². The summed E-state index contributed by atoms with van der Waals surface area (Å²) in [6, 6.07) is 1.58. The second-order valence-electron chi connectivity index (χ2n) is 2.62. The van der Waals surface area contributed by atoms with E-state index in [0.717, 1.165) is 6.20 Å². The molecule has 0 spiro atoms. The molecule has 1 aromatic heterocycles. The molecule has 0 radical (unpaired) electrons. The van der Waals surface area contributed by atoms with Gasteiger partial charge in [-0.25, -0.2) is 0 Å². The molecule has 4 nitrogen and oxygen atoms in total. The quantitative estimate of drug-likeness (QED) is 0.907. The molecule has 0 fully saturated rings. The van der Waals surface area contributed by atoms with Crippen LogP contribution in [0.1, 0.15) is 11.3 Å². The van der Waals surface area contributed by atoms with Gasteiger partial charge in [0, 0.05) is 12.7 Å². The highest BCUT2D eigenvalue weighted by atomic mass is 79.9. The second-order valence-corrected chi connectivity index (χ2v) is 3.48. The molecule has 8 heteroatoms. The maximum absolute atomic E-state index is 12.1. The molecule has 1 rings (SSSR count). The zero-order valence-electron chi connectivity index (χ0n) is 7.68. The van der Waals surface area contributed by atoms with Gasteiger partial charge in [-0.05, 0) is 15.9 Å². The number of nitrogens with zero attached hydrogens (tertiary/aromatic N) is 2. The number of aromatic nitrogens is 1. The van der Waals surface area contributed by atoms with Gasteiger partial charge < -0.3 is 10.5 Å². The summed E-state index contributed by atoms with van der Waals surface area (Å²) in [7, 11) is 0. The van der Waals surface area contributed by atoms with Gasteiger partial charge >= 0.3 is 6.36 Å². The van der Waals surface area contributed by atoms with Crippen LogP contribution in [0.5, 0.6) is 5.75 Å². The number of nitriles is 1. The third-order valence-electron chi connectivity index (χ3n) is 1.59. The van der Waals surface area contributed by atoms with E-state index in [1.807, 2.05) is 0 Å². The number of pyridine rings is 1. The molecule has 16 heavy (non-hydrogen) atoms. The van der Waals surface area contributed by atoms with Gasteiger partial charge in [-0.1, -0.05) is 0 Å². The summed E-state index contributed by atoms with van der Waals surface area (Å²) < 4.78 is 39.9. The van der Waals surface area contributed by atoms with Crippen molar-refractivity contribution in [1.82, 2.24) is 4.98 Å². The topological polar surface area (TPSA) is 71.9 Å². The molecule has 1 heterocycles. The highest BCUT2D eigenvalue weighted by molar-refractivity contribution is 9.10. The first-order valence-electron chi connectivity index (χ1n) is 3.92. The van der Waals surface area contributed by atoms with Gasteiger partial charge in [0.1, 0.15) is 11.6 Å². The molecule has 0 aliphatic carbocycles. The predicted molar refractivity (Wildman–Crippen MR) is 51.2 cm³/mol. The highest BCUT2D eigenvalue weighted by Crippen LogP contribution is 2.34. The fourth-order valence-electron chi connectivity index (χ4n) is 0.994. The summed E-state index contributed by atoms with van der Waals surface area (Å²) in [6.45, 7) is -0.148. The third-order valence-corrected chi connectivity index (χ3v) is 2.15. The fourth-order valence-corrected chi connectivity index (χ4v) is 1.38. The molecule has 0 saturated heterocycles. The smallest absolute Gasteiger partial charge is 0.403 e. The first-order chi connectivity index (χ1) is 7.39. The van der Waals surface area contributed by atoms with E-state index in [-0.39, 0.29) is 22.3 Å². The van der Waals surface area contributed by atoms with E-state index in [0.29, 0.717) is 0 Å². The van der Waals surface area contributed by atoms with Crippen LogP contribution >= 0.6 is 15.9 Å². The Hall–Kier alpha value is -1.33. The van der Waals surface area contributed by atoms with Crippen molar-refractivity contribution < 1.29 is 17.9 Å². The molecule has 0 aliphatic rings. The minimum Gasteiger partial charge on any atom is -0.403 e. The standard InChI is InChI=1S/C8H5BrF3N3O/c9-5-3-15-6(2-14)4(1-13)7(5)16-8(10,11)12/h3H,2,14H2. The Bertz CT molecular complexity index is 441. The maximum atomic E-state index is 12.1. The molecule has 0 saturated carbocycles. The van der Waals surface area contributed by atoms with E-state index in [9.17, 15) is 13.2 Å². The normalized spacial score (nSPS) is 11.0. The number of hydrogen-bond acceptors (Lipinski definition) is 4. The van der Waals surface area contributed by atoms with E-state index < -0.39 is 12.1 Å². The molecule has 2 N–H and O–H groups in total. The Morgan fingerprint density at radius 1 is 1.56 bits per heavy atom. The Balaban J connectivity index is 3.31. The van der Waals surface area contributed by atoms with Crippen molar-refractivity contribution in [2.24, 2.45) is 5.73 Å². The number of rotatable bonds is 2. The average molecular weight is 296 g/mol. The molecule has 0 atom stereocenters. The lowest BCUT2D eigenvalue weighted by molar-refractivity contribution is -0.275. The molecular formula is C8H5BrF3N3O. The Labute approximate surface area is 97.0 Å². The number of ether oxygens (including phenoxy) is 1. The van der Waals surface area contributed by atoms with Gasteiger partial charge in [-0.2, -0.15) is 5.26 Å². The van der Waals surface area contributed by atoms with Crippen LogP contribution in [-0.2, 0) is 6.54 Å². The lowest BCUT2D eigenvalue weighted by atomic mass is 10.2. The molecule has 0 bridgehead atoms. The molecule has 1 aromatic rings. The number of nitrogens with two attached hydrogens (primary N) is 1. The first kappa shape index (κ1) is 12.7. The van der Waals surface area contributed by atoms with Gasteiger partial charge in [-0.15, -0.1) is 13.2 Å². The van der Waals surface area contributed by atoms with Crippen LogP contribution < -0.4 is 10.5 Å². The van der Waals surface area contributed by atoms with Gasteiger partial charge in [0.15, 0.2) is 5.75 Å². The van der Waals surface area contributed by atoms with Crippen molar-refractivity contribution >= 4 is 15.9 Å². The summed E-state index contributed by atoms with van der Waals surface area (Å²) in [5.74, 6) is -0.620. The Kier molecular flexibility index (Phi) is 3.72. The van der Waals surface area contributed by atoms with Gasteiger partial charge in [0.05, 0.1) is 10.2 Å². The number of alkyl halides is 3. The zero-order chi connectivity index (χ0) is 12.3. The van der Waals surface area contributed by atoms with Crippen LogP contribution in [0.25, 0.3) is 0 Å². The molecular weight excluding hydrogens is 291 g/mol. The summed E-state index contributed by atoms with van der Waals surface area (Å²) >= 11 is 2.82. The second kappa shape index (κ2) is 4.67. The van der Waals surface area contributed by atoms with Crippen molar-refractivity contribution in [3.05, 3.63) is 21.9 Å². The van der Waals surface area contributed by atoms with E-state index >= 15 is 0 Å². The lowest BCUT2D eigenvalue weighted by Gasteiger charge is -2.13. The van der Waals surface area contributed by atoms with Crippen LogP contribution in [-0.4, -0.2) is 11.3 Å². The van der Waals surface area contributed by atoms with Gasteiger partial charge in [0.2, 0.25) is 0 Å². The summed E-state index contributed by atoms with van der Waals surface area (Å²) in [5.41, 5.74) is 4.96. The summed E-state index contributed by atoms with van der Waals surface area (Å²) in [4.78, 5) is 3.72. The average Bonchev–Trinajstić information content (AvgIpc) is 2.19. The van der Waals surface area contributed by atoms with Crippen molar-refractivity contribution in [1.29, 1.82) is 5.26 Å². The van der Waals surface area contributed by atoms with E-state index in [1.165, 1.54) is 0 Å². The summed E-state index contributed by atoms with van der Waals surface area (Å²) in [5, 5.41) is 8.74. The van der Waals surface area contributed by atoms with Crippen molar-refractivity contribution in [3.8, 4) is 11.8 Å². The first-order valence-corrected chi connectivity index (χ1v) is 4.71.